The lowest BCUT2D eigenvalue weighted by Crippen LogP contribution is -2.27. The van der Waals surface area contributed by atoms with Crippen molar-refractivity contribution in [2.24, 2.45) is 0 Å². The van der Waals surface area contributed by atoms with E-state index in [-0.39, 0.29) is 12.1 Å². The molecular formula is C13H13N3O3S. The molecule has 0 aromatic carbocycles. The summed E-state index contributed by atoms with van der Waals surface area (Å²) in [5.41, 5.74) is 0.619. The largest absolute Gasteiger partial charge is 0.446 e. The Morgan fingerprint density at radius 2 is 2.30 bits per heavy atom. The van der Waals surface area contributed by atoms with Gasteiger partial charge in [-0.2, -0.15) is 5.26 Å². The van der Waals surface area contributed by atoms with Gasteiger partial charge in [0.25, 0.3) is 5.56 Å². The lowest BCUT2D eigenvalue weighted by Gasteiger charge is -2.07. The first-order chi connectivity index (χ1) is 9.43. The zero-order valence-electron chi connectivity index (χ0n) is 11.3. The van der Waals surface area contributed by atoms with Gasteiger partial charge >= 0.3 is 5.97 Å². The van der Waals surface area contributed by atoms with Crippen molar-refractivity contribution in [1.82, 2.24) is 9.55 Å². The van der Waals surface area contributed by atoms with Crippen LogP contribution in [0.5, 0.6) is 0 Å². The summed E-state index contributed by atoms with van der Waals surface area (Å²) in [6.45, 7) is 5.00. The van der Waals surface area contributed by atoms with E-state index in [2.05, 4.69) is 4.98 Å². The molecule has 0 unspecified atom stereocenters. The predicted molar refractivity (Wildman–Crippen MR) is 74.5 cm³/mol. The van der Waals surface area contributed by atoms with E-state index >= 15 is 0 Å². The van der Waals surface area contributed by atoms with Gasteiger partial charge in [-0.05, 0) is 26.3 Å². The van der Waals surface area contributed by atoms with E-state index in [0.29, 0.717) is 10.2 Å². The average molecular weight is 291 g/mol. The van der Waals surface area contributed by atoms with Gasteiger partial charge in [0.05, 0.1) is 11.7 Å². The summed E-state index contributed by atoms with van der Waals surface area (Å²) in [6, 6.07) is 1.79. The molecule has 0 fully saturated rings. The van der Waals surface area contributed by atoms with Gasteiger partial charge in [-0.3, -0.25) is 14.2 Å². The first kappa shape index (κ1) is 14.2. The predicted octanol–water partition coefficient (Wildman–Crippen LogP) is 1.53. The minimum atomic E-state index is -0.833. The normalized spacial score (nSPS) is 12.1. The molecule has 0 N–H and O–H groups in total. The monoisotopic (exact) mass is 291 g/mol. The number of esters is 1. The summed E-state index contributed by atoms with van der Waals surface area (Å²) in [4.78, 5) is 29.8. The van der Waals surface area contributed by atoms with Crippen LogP contribution in [0.3, 0.4) is 0 Å². The number of nitrogens with zero attached hydrogens (tertiary/aromatic N) is 3. The van der Waals surface area contributed by atoms with E-state index in [1.807, 2.05) is 13.8 Å². The fraction of sp³-hybridized carbons (Fsp3) is 0.385. The minimum Gasteiger partial charge on any atom is -0.446 e. The van der Waals surface area contributed by atoms with Crippen LogP contribution in [-0.2, 0) is 16.1 Å². The molecular weight excluding hydrogens is 278 g/mol. The standard InChI is InChI=1S/C13H13N3O3S/c1-7(4-14)19-10(17)5-16-6-15-12-11(13(16)18)8(2)9(3)20-12/h6-7H,5H2,1-3H3/t7-/m1/s1. The van der Waals surface area contributed by atoms with Crippen molar-refractivity contribution >= 4 is 27.5 Å². The number of aromatic nitrogens is 2. The molecule has 6 nitrogen and oxygen atoms in total. The first-order valence-corrected chi connectivity index (χ1v) is 6.80. The Kier molecular flexibility index (Phi) is 3.86. The van der Waals surface area contributed by atoms with Gasteiger partial charge in [0.1, 0.15) is 17.4 Å². The van der Waals surface area contributed by atoms with Crippen LogP contribution >= 0.6 is 11.3 Å². The number of hydrogen-bond acceptors (Lipinski definition) is 6. The maximum Gasteiger partial charge on any atom is 0.327 e. The summed E-state index contributed by atoms with van der Waals surface area (Å²) < 4.78 is 6.02. The second-order valence-electron chi connectivity index (χ2n) is 4.40. The number of carbonyl (C=O) groups excluding carboxylic acids is 1. The number of nitriles is 1. The van der Waals surface area contributed by atoms with Crippen molar-refractivity contribution in [3.8, 4) is 6.07 Å². The summed E-state index contributed by atoms with van der Waals surface area (Å²) in [5.74, 6) is -0.632. The smallest absolute Gasteiger partial charge is 0.327 e. The third-order valence-electron chi connectivity index (χ3n) is 2.95. The van der Waals surface area contributed by atoms with Crippen molar-refractivity contribution < 1.29 is 9.53 Å². The Balaban J connectivity index is 2.35. The first-order valence-electron chi connectivity index (χ1n) is 5.98. The molecule has 0 radical (unpaired) electrons. The van der Waals surface area contributed by atoms with E-state index in [1.54, 1.807) is 6.07 Å². The Hall–Kier alpha value is -2.20. The van der Waals surface area contributed by atoms with Crippen molar-refractivity contribution in [1.29, 1.82) is 5.26 Å². The van der Waals surface area contributed by atoms with Crippen molar-refractivity contribution in [3.63, 3.8) is 0 Å². The van der Waals surface area contributed by atoms with Crippen LogP contribution in [0.2, 0.25) is 0 Å². The molecule has 0 saturated carbocycles. The van der Waals surface area contributed by atoms with Crippen molar-refractivity contribution in [2.75, 3.05) is 0 Å². The zero-order valence-corrected chi connectivity index (χ0v) is 12.2. The van der Waals surface area contributed by atoms with Gasteiger partial charge in [0.2, 0.25) is 0 Å². The molecule has 104 valence electrons. The second kappa shape index (κ2) is 5.43. The molecule has 2 aromatic heterocycles. The topological polar surface area (TPSA) is 85.0 Å². The van der Waals surface area contributed by atoms with Crippen LogP contribution in [0, 0.1) is 25.2 Å². The molecule has 2 aromatic rings. The third-order valence-corrected chi connectivity index (χ3v) is 4.06. The molecule has 0 aliphatic heterocycles. The third kappa shape index (κ3) is 2.56. The number of aryl methyl sites for hydroxylation is 2. The highest BCUT2D eigenvalue weighted by atomic mass is 32.1. The molecule has 0 aliphatic rings. The highest BCUT2D eigenvalue weighted by Gasteiger charge is 2.15. The molecule has 20 heavy (non-hydrogen) atoms. The van der Waals surface area contributed by atoms with Gasteiger partial charge in [0, 0.05) is 4.88 Å². The van der Waals surface area contributed by atoms with E-state index in [0.717, 1.165) is 10.4 Å². The highest BCUT2D eigenvalue weighted by molar-refractivity contribution is 7.18. The van der Waals surface area contributed by atoms with E-state index in [9.17, 15) is 9.59 Å². The molecule has 0 amide bonds. The van der Waals surface area contributed by atoms with Crippen LogP contribution < -0.4 is 5.56 Å². The Morgan fingerprint density at radius 3 is 2.95 bits per heavy atom. The van der Waals surface area contributed by atoms with Gasteiger partial charge in [0.15, 0.2) is 6.10 Å². The minimum absolute atomic E-state index is 0.248. The van der Waals surface area contributed by atoms with Crippen LogP contribution in [0.15, 0.2) is 11.1 Å². The van der Waals surface area contributed by atoms with E-state index in [1.165, 1.54) is 29.2 Å². The Labute approximate surface area is 119 Å². The van der Waals surface area contributed by atoms with Crippen molar-refractivity contribution in [2.45, 2.75) is 33.4 Å². The lowest BCUT2D eigenvalue weighted by atomic mass is 10.2. The molecule has 1 atom stereocenters. The van der Waals surface area contributed by atoms with E-state index in [4.69, 9.17) is 10.00 Å². The SMILES string of the molecule is Cc1sc2ncn(CC(=O)O[C@H](C)C#N)c(=O)c2c1C. The zero-order chi connectivity index (χ0) is 14.9. The number of hydrogen-bond donors (Lipinski definition) is 0. The molecule has 2 heterocycles. The maximum absolute atomic E-state index is 12.3. The molecule has 7 heteroatoms. The molecule has 0 saturated heterocycles. The van der Waals surface area contributed by atoms with Crippen molar-refractivity contribution in [3.05, 3.63) is 27.1 Å². The fourth-order valence-corrected chi connectivity index (χ4v) is 2.77. The van der Waals surface area contributed by atoms with Crippen LogP contribution in [-0.4, -0.2) is 21.6 Å². The number of ether oxygens (including phenoxy) is 1. The number of carbonyl (C=O) groups is 1. The van der Waals surface area contributed by atoms with Crippen LogP contribution in [0.25, 0.3) is 10.2 Å². The lowest BCUT2D eigenvalue weighted by molar-refractivity contribution is -0.146. The summed E-state index contributed by atoms with van der Waals surface area (Å²) in [7, 11) is 0. The Morgan fingerprint density at radius 1 is 1.60 bits per heavy atom. The quantitative estimate of drug-likeness (QED) is 0.801. The van der Waals surface area contributed by atoms with Gasteiger partial charge in [-0.25, -0.2) is 4.98 Å². The molecule has 0 bridgehead atoms. The molecule has 0 aliphatic carbocycles. The highest BCUT2D eigenvalue weighted by Crippen LogP contribution is 2.25. The average Bonchev–Trinajstić information content (AvgIpc) is 2.69. The van der Waals surface area contributed by atoms with Crippen LogP contribution in [0.4, 0.5) is 0 Å². The second-order valence-corrected chi connectivity index (χ2v) is 5.61. The number of thiophene rings is 1. The van der Waals surface area contributed by atoms with Crippen LogP contribution in [0.1, 0.15) is 17.4 Å². The van der Waals surface area contributed by atoms with Gasteiger partial charge in [-0.1, -0.05) is 0 Å². The fourth-order valence-electron chi connectivity index (χ4n) is 1.78. The summed E-state index contributed by atoms with van der Waals surface area (Å²) >= 11 is 1.45. The Bertz CT molecular complexity index is 769. The summed E-state index contributed by atoms with van der Waals surface area (Å²) in [6.07, 6.45) is 0.498. The maximum atomic E-state index is 12.3. The van der Waals surface area contributed by atoms with Gasteiger partial charge in [-0.15, -0.1) is 11.3 Å². The van der Waals surface area contributed by atoms with E-state index < -0.39 is 12.1 Å². The van der Waals surface area contributed by atoms with Gasteiger partial charge < -0.3 is 4.74 Å². The number of rotatable bonds is 3. The summed E-state index contributed by atoms with van der Waals surface area (Å²) in [5, 5.41) is 9.12. The molecule has 0 spiro atoms. The number of fused-ring (bicyclic) bond motifs is 1. The molecule has 2 rings (SSSR count).